The summed E-state index contributed by atoms with van der Waals surface area (Å²) in [6.45, 7) is 23.8. The number of hydrogen-bond donors (Lipinski definition) is 0. The summed E-state index contributed by atoms with van der Waals surface area (Å²) in [5, 5.41) is 0.865. The standard InChI is InChI=1S/C36H54BrN3O3.C3H6BrN.2C2H6/c1-6-27-8-10-30-31(34(27)37)9-7-25(2)23-32(30)38-19-13-28(14-20-38)29-15-21-39(22-16-29)33(41)24-26-11-17-40(18-12-26)35(42)43-36(3,4)5;1-5-3-2-4;2*1-2/h8,10,23,26,28-29,32H,6-7,9,11-22,24H2,1-5H3;3H,2H2,1H3;2*1-2H3. The van der Waals surface area contributed by atoms with E-state index in [1.807, 2.05) is 48.5 Å². The molecule has 2 amide bonds. The quantitative estimate of drug-likeness (QED) is 0.162. The largest absolute Gasteiger partial charge is 0.444 e. The smallest absolute Gasteiger partial charge is 0.410 e. The molecule has 1 aromatic carbocycles. The van der Waals surface area contributed by atoms with Crippen molar-refractivity contribution in [2.45, 2.75) is 138 Å². The fourth-order valence-electron chi connectivity index (χ4n) is 7.94. The molecule has 3 aliphatic heterocycles. The van der Waals surface area contributed by atoms with Crippen molar-refractivity contribution in [2.75, 3.05) is 51.6 Å². The van der Waals surface area contributed by atoms with E-state index in [2.05, 4.69) is 78.7 Å². The van der Waals surface area contributed by atoms with Crippen molar-refractivity contribution in [1.82, 2.24) is 14.7 Å². The first-order valence-electron chi connectivity index (χ1n) is 20.4. The summed E-state index contributed by atoms with van der Waals surface area (Å²) in [4.78, 5) is 35.9. The van der Waals surface area contributed by atoms with Gasteiger partial charge in [0.25, 0.3) is 0 Å². The number of halogens is 2. The van der Waals surface area contributed by atoms with Crippen LogP contribution in [0.5, 0.6) is 0 Å². The van der Waals surface area contributed by atoms with Crippen LogP contribution in [0.25, 0.3) is 0 Å². The summed E-state index contributed by atoms with van der Waals surface area (Å²) in [7, 11) is 1.75. The number of ether oxygens (including phenoxy) is 1. The second-order valence-corrected chi connectivity index (χ2v) is 16.7. The van der Waals surface area contributed by atoms with Gasteiger partial charge in [-0.2, -0.15) is 0 Å². The molecule has 1 atom stereocenters. The maximum absolute atomic E-state index is 13.2. The molecule has 9 heteroatoms. The maximum atomic E-state index is 13.2. The number of aliphatic imine (C=N–C) groups is 1. The van der Waals surface area contributed by atoms with E-state index in [1.54, 1.807) is 18.2 Å². The molecule has 0 aromatic heterocycles. The molecule has 1 unspecified atom stereocenters. The third-order valence-electron chi connectivity index (χ3n) is 10.8. The molecule has 4 aliphatic rings. The summed E-state index contributed by atoms with van der Waals surface area (Å²) >= 11 is 7.13. The molecule has 5 rings (SSSR count). The van der Waals surface area contributed by atoms with Gasteiger partial charge >= 0.3 is 6.09 Å². The SMILES string of the molecule is CC.CC.CCc1ccc2c(c1Br)CCC(C)=CC2N1CCC(C2CCN(C(=O)CC3CCN(C(=O)OC(C)(C)C)CC3)CC2)CC1.CN=CCBr. The molecule has 296 valence electrons. The lowest BCUT2D eigenvalue weighted by Gasteiger charge is -2.42. The van der Waals surface area contributed by atoms with Gasteiger partial charge in [-0.05, 0) is 133 Å². The highest BCUT2D eigenvalue weighted by molar-refractivity contribution is 9.10. The van der Waals surface area contributed by atoms with E-state index >= 15 is 0 Å². The van der Waals surface area contributed by atoms with E-state index in [4.69, 9.17) is 4.74 Å². The average Bonchev–Trinajstić information content (AvgIpc) is 3.32. The summed E-state index contributed by atoms with van der Waals surface area (Å²) in [5.74, 6) is 2.20. The van der Waals surface area contributed by atoms with Crippen molar-refractivity contribution in [1.29, 1.82) is 0 Å². The lowest BCUT2D eigenvalue weighted by molar-refractivity contribution is -0.134. The van der Waals surface area contributed by atoms with Gasteiger partial charge in [0, 0.05) is 55.7 Å². The Morgan fingerprint density at radius 1 is 0.885 bits per heavy atom. The van der Waals surface area contributed by atoms with Gasteiger partial charge in [-0.3, -0.25) is 14.7 Å². The normalized spacial score (nSPS) is 20.6. The Balaban J connectivity index is 0.000000945. The van der Waals surface area contributed by atoms with Crippen LogP contribution < -0.4 is 0 Å². The molecular weight excluding hydrogens is 780 g/mol. The van der Waals surface area contributed by atoms with Crippen LogP contribution in [0.15, 0.2) is 33.2 Å². The molecule has 0 saturated carbocycles. The lowest BCUT2D eigenvalue weighted by atomic mass is 9.78. The van der Waals surface area contributed by atoms with Crippen molar-refractivity contribution in [3.63, 3.8) is 0 Å². The van der Waals surface area contributed by atoms with E-state index < -0.39 is 5.60 Å². The number of allylic oxidation sites excluding steroid dienone is 1. The average molecular weight is 853 g/mol. The fourth-order valence-corrected chi connectivity index (χ4v) is 9.07. The van der Waals surface area contributed by atoms with Crippen molar-refractivity contribution in [3.05, 3.63) is 44.9 Å². The molecule has 3 heterocycles. The molecule has 52 heavy (non-hydrogen) atoms. The number of aryl methyl sites for hydroxylation is 1. The predicted molar refractivity (Wildman–Crippen MR) is 228 cm³/mol. The number of fused-ring (bicyclic) bond motifs is 1. The molecule has 0 bridgehead atoms. The Kier molecular flexibility index (Phi) is 21.4. The highest BCUT2D eigenvalue weighted by atomic mass is 79.9. The van der Waals surface area contributed by atoms with Crippen LogP contribution in [0.1, 0.15) is 136 Å². The minimum absolute atomic E-state index is 0.227. The van der Waals surface area contributed by atoms with Crippen LogP contribution in [0.4, 0.5) is 4.79 Å². The van der Waals surface area contributed by atoms with E-state index in [0.717, 1.165) is 88.3 Å². The summed E-state index contributed by atoms with van der Waals surface area (Å²) in [6.07, 6.45) is 14.7. The summed E-state index contributed by atoms with van der Waals surface area (Å²) in [6, 6.07) is 5.12. The Morgan fingerprint density at radius 3 is 1.94 bits per heavy atom. The number of alkyl halides is 1. The Bertz CT molecular complexity index is 1270. The monoisotopic (exact) mass is 850 g/mol. The van der Waals surface area contributed by atoms with Gasteiger partial charge in [-0.25, -0.2) is 4.79 Å². The van der Waals surface area contributed by atoms with Gasteiger partial charge in [0.2, 0.25) is 5.91 Å². The molecular formula is C43H72Br2N4O3. The number of likely N-dealkylation sites (tertiary alicyclic amines) is 3. The van der Waals surface area contributed by atoms with Gasteiger partial charge in [0.05, 0.1) is 6.04 Å². The summed E-state index contributed by atoms with van der Waals surface area (Å²) in [5.41, 5.74) is 5.48. The van der Waals surface area contributed by atoms with Crippen LogP contribution in [0.3, 0.4) is 0 Å². The van der Waals surface area contributed by atoms with Crippen molar-refractivity contribution >= 4 is 50.1 Å². The van der Waals surface area contributed by atoms with Gasteiger partial charge in [-0.1, -0.05) is 90.3 Å². The molecule has 0 spiro atoms. The maximum Gasteiger partial charge on any atom is 0.410 e. The lowest BCUT2D eigenvalue weighted by Crippen LogP contribution is -2.45. The van der Waals surface area contributed by atoms with Gasteiger partial charge in [-0.15, -0.1) is 0 Å². The van der Waals surface area contributed by atoms with E-state index in [1.165, 1.54) is 39.6 Å². The molecule has 3 fully saturated rings. The Labute approximate surface area is 335 Å². The zero-order chi connectivity index (χ0) is 38.8. The second-order valence-electron chi connectivity index (χ2n) is 15.2. The Hall–Kier alpha value is -1.71. The topological polar surface area (TPSA) is 65.5 Å². The van der Waals surface area contributed by atoms with Crippen molar-refractivity contribution < 1.29 is 14.3 Å². The third-order valence-corrected chi connectivity index (χ3v) is 12.1. The molecule has 3 saturated heterocycles. The van der Waals surface area contributed by atoms with Crippen LogP contribution in [-0.2, 0) is 22.4 Å². The number of piperidine rings is 3. The van der Waals surface area contributed by atoms with Crippen molar-refractivity contribution in [2.24, 2.45) is 22.7 Å². The number of amides is 2. The van der Waals surface area contributed by atoms with E-state index in [0.29, 0.717) is 37.4 Å². The first-order valence-corrected chi connectivity index (χ1v) is 22.3. The Morgan fingerprint density at radius 2 is 1.44 bits per heavy atom. The molecule has 0 N–H and O–H groups in total. The first kappa shape index (κ1) is 46.4. The first-order chi connectivity index (χ1) is 24.9. The number of nitrogens with zero attached hydrogens (tertiary/aromatic N) is 4. The zero-order valence-electron chi connectivity index (χ0n) is 34.4. The van der Waals surface area contributed by atoms with Gasteiger partial charge in [0.1, 0.15) is 5.60 Å². The summed E-state index contributed by atoms with van der Waals surface area (Å²) < 4.78 is 6.86. The third kappa shape index (κ3) is 14.2. The molecule has 1 aliphatic carbocycles. The number of rotatable bonds is 6. The number of carbonyl (C=O) groups excluding carboxylic acids is 2. The molecule has 1 aromatic rings. The van der Waals surface area contributed by atoms with E-state index in [9.17, 15) is 9.59 Å². The second kappa shape index (κ2) is 23.9. The molecule has 7 nitrogen and oxygen atoms in total. The number of hydrogen-bond acceptors (Lipinski definition) is 5. The van der Waals surface area contributed by atoms with Crippen LogP contribution in [-0.4, -0.2) is 90.2 Å². The van der Waals surface area contributed by atoms with Gasteiger partial charge < -0.3 is 14.5 Å². The van der Waals surface area contributed by atoms with Crippen LogP contribution in [0, 0.1) is 17.8 Å². The minimum Gasteiger partial charge on any atom is -0.444 e. The van der Waals surface area contributed by atoms with Crippen molar-refractivity contribution in [3.8, 4) is 0 Å². The number of benzene rings is 1. The van der Waals surface area contributed by atoms with Crippen LogP contribution >= 0.6 is 31.9 Å². The minimum atomic E-state index is -0.471. The fraction of sp³-hybridized carbons (Fsp3) is 0.744. The number of carbonyl (C=O) groups is 2. The predicted octanol–water partition coefficient (Wildman–Crippen LogP) is 11.1. The highest BCUT2D eigenvalue weighted by Crippen LogP contribution is 2.40. The van der Waals surface area contributed by atoms with Crippen LogP contribution in [0.2, 0.25) is 0 Å². The van der Waals surface area contributed by atoms with E-state index in [-0.39, 0.29) is 6.09 Å². The molecule has 0 radical (unpaired) electrons. The highest BCUT2D eigenvalue weighted by Gasteiger charge is 2.35. The zero-order valence-corrected chi connectivity index (χ0v) is 37.6. The van der Waals surface area contributed by atoms with Gasteiger partial charge in [0.15, 0.2) is 0 Å².